The third-order valence-electron chi connectivity index (χ3n) is 3.92. The van der Waals surface area contributed by atoms with Gasteiger partial charge in [0.15, 0.2) is 0 Å². The zero-order valence-corrected chi connectivity index (χ0v) is 12.6. The van der Waals surface area contributed by atoms with Gasteiger partial charge in [-0.15, -0.1) is 0 Å². The Kier molecular flexibility index (Phi) is 4.82. The Morgan fingerprint density at radius 1 is 1.47 bits per heavy atom. The molecule has 1 aliphatic heterocycles. The van der Waals surface area contributed by atoms with Crippen LogP contribution in [0.25, 0.3) is 0 Å². The normalized spacial score (nSPS) is 19.4. The lowest BCUT2D eigenvalue weighted by atomic mass is 10.2. The third-order valence-corrected chi connectivity index (χ3v) is 3.92. The average Bonchev–Trinajstić information content (AvgIpc) is 2.89. The van der Waals surface area contributed by atoms with Crippen molar-refractivity contribution in [3.63, 3.8) is 0 Å². The van der Waals surface area contributed by atoms with Crippen LogP contribution in [-0.2, 0) is 18.3 Å². The van der Waals surface area contributed by atoms with Gasteiger partial charge in [0.25, 0.3) is 0 Å². The molecule has 0 saturated carbocycles. The van der Waals surface area contributed by atoms with E-state index >= 15 is 0 Å². The zero-order valence-electron chi connectivity index (χ0n) is 12.6. The van der Waals surface area contributed by atoms with E-state index in [0.29, 0.717) is 6.04 Å². The van der Waals surface area contributed by atoms with Crippen molar-refractivity contribution in [2.75, 3.05) is 31.7 Å². The Balaban J connectivity index is 2.12. The summed E-state index contributed by atoms with van der Waals surface area (Å²) in [5, 5.41) is 8.02. The number of aromatic nitrogens is 2. The van der Waals surface area contributed by atoms with Crippen LogP contribution >= 0.6 is 0 Å². The number of anilines is 1. The Bertz CT molecular complexity index is 416. The van der Waals surface area contributed by atoms with Crippen molar-refractivity contribution in [3.8, 4) is 0 Å². The van der Waals surface area contributed by atoms with Crippen molar-refractivity contribution in [1.82, 2.24) is 15.1 Å². The second kappa shape index (κ2) is 6.39. The largest absolute Gasteiger partial charge is 0.383 e. The highest BCUT2D eigenvalue weighted by molar-refractivity contribution is 5.51. The molecule has 0 bridgehead atoms. The van der Waals surface area contributed by atoms with E-state index in [0.717, 1.165) is 31.9 Å². The van der Waals surface area contributed by atoms with Crippen molar-refractivity contribution in [1.29, 1.82) is 0 Å². The van der Waals surface area contributed by atoms with Gasteiger partial charge in [-0.1, -0.05) is 0 Å². The predicted octanol–water partition coefficient (Wildman–Crippen LogP) is 1.45. The van der Waals surface area contributed by atoms with Crippen LogP contribution < -0.4 is 10.2 Å². The Hall–Kier alpha value is -1.07. The number of nitrogens with zero attached hydrogens (tertiary/aromatic N) is 3. The van der Waals surface area contributed by atoms with Gasteiger partial charge in [0.2, 0.25) is 0 Å². The van der Waals surface area contributed by atoms with Gasteiger partial charge in [0, 0.05) is 45.4 Å². The van der Waals surface area contributed by atoms with Crippen LogP contribution in [0, 0.1) is 6.92 Å². The first-order valence-corrected chi connectivity index (χ1v) is 7.14. The lowest BCUT2D eigenvalue weighted by Gasteiger charge is -2.25. The molecule has 5 nitrogen and oxygen atoms in total. The molecule has 0 aromatic carbocycles. The molecule has 2 heterocycles. The van der Waals surface area contributed by atoms with Gasteiger partial charge in [-0.05, 0) is 26.7 Å². The van der Waals surface area contributed by atoms with Gasteiger partial charge in [-0.25, -0.2) is 0 Å². The summed E-state index contributed by atoms with van der Waals surface area (Å²) in [6.45, 7) is 8.02. The van der Waals surface area contributed by atoms with E-state index in [1.54, 1.807) is 7.11 Å². The fourth-order valence-electron chi connectivity index (χ4n) is 2.89. The number of hydrogen-bond acceptors (Lipinski definition) is 4. The van der Waals surface area contributed by atoms with Crippen LogP contribution in [-0.4, -0.2) is 42.6 Å². The third kappa shape index (κ3) is 3.09. The first kappa shape index (κ1) is 14.3. The SMILES string of the molecule is COCCNCc1c(C)nn(C)c1N1CCCC1C. The predicted molar refractivity (Wildman–Crippen MR) is 77.6 cm³/mol. The minimum Gasteiger partial charge on any atom is -0.383 e. The van der Waals surface area contributed by atoms with Gasteiger partial charge in [-0.3, -0.25) is 4.68 Å². The highest BCUT2D eigenvalue weighted by atomic mass is 16.5. The maximum Gasteiger partial charge on any atom is 0.131 e. The lowest BCUT2D eigenvalue weighted by Crippen LogP contribution is -2.30. The van der Waals surface area contributed by atoms with E-state index in [1.165, 1.54) is 24.2 Å². The van der Waals surface area contributed by atoms with E-state index in [9.17, 15) is 0 Å². The number of ether oxygens (including phenoxy) is 1. The fraction of sp³-hybridized carbons (Fsp3) is 0.786. The quantitative estimate of drug-likeness (QED) is 0.792. The molecule has 0 aliphatic carbocycles. The van der Waals surface area contributed by atoms with Crippen molar-refractivity contribution in [3.05, 3.63) is 11.3 Å². The summed E-state index contributed by atoms with van der Waals surface area (Å²) < 4.78 is 7.10. The summed E-state index contributed by atoms with van der Waals surface area (Å²) in [7, 11) is 3.78. The molecule has 2 rings (SSSR count). The van der Waals surface area contributed by atoms with E-state index in [1.807, 2.05) is 11.7 Å². The summed E-state index contributed by atoms with van der Waals surface area (Å²) in [5.74, 6) is 1.28. The van der Waals surface area contributed by atoms with Crippen molar-refractivity contribution in [2.24, 2.45) is 7.05 Å². The van der Waals surface area contributed by atoms with Crippen LogP contribution in [0.3, 0.4) is 0 Å². The molecule has 0 amide bonds. The molecule has 1 atom stereocenters. The second-order valence-corrected chi connectivity index (χ2v) is 5.37. The molecular formula is C14H26N4O. The number of rotatable bonds is 6. The number of nitrogens with one attached hydrogen (secondary N) is 1. The molecular weight excluding hydrogens is 240 g/mol. The van der Waals surface area contributed by atoms with E-state index in [2.05, 4.69) is 29.2 Å². The van der Waals surface area contributed by atoms with Gasteiger partial charge in [0.05, 0.1) is 12.3 Å². The standard InChI is InChI=1S/C14H26N4O/c1-11-6-5-8-18(11)14-13(10-15-7-9-19-4)12(2)16-17(14)3/h11,15H,5-10H2,1-4H3. The molecule has 108 valence electrons. The summed E-state index contributed by atoms with van der Waals surface area (Å²) in [6, 6.07) is 0.618. The molecule has 1 fully saturated rings. The summed E-state index contributed by atoms with van der Waals surface area (Å²) in [6.07, 6.45) is 2.56. The fourth-order valence-corrected chi connectivity index (χ4v) is 2.89. The highest BCUT2D eigenvalue weighted by Crippen LogP contribution is 2.29. The molecule has 1 aliphatic rings. The van der Waals surface area contributed by atoms with Crippen molar-refractivity contribution >= 4 is 5.82 Å². The van der Waals surface area contributed by atoms with Gasteiger partial charge in [0.1, 0.15) is 5.82 Å². The lowest BCUT2D eigenvalue weighted by molar-refractivity contribution is 0.199. The molecule has 1 aromatic rings. The summed E-state index contributed by atoms with van der Waals surface area (Å²) in [5.41, 5.74) is 2.45. The first-order chi connectivity index (χ1) is 9.15. The van der Waals surface area contributed by atoms with Crippen LogP contribution in [0.5, 0.6) is 0 Å². The minimum absolute atomic E-state index is 0.618. The number of methoxy groups -OCH3 is 1. The average molecular weight is 266 g/mol. The van der Waals surface area contributed by atoms with Crippen LogP contribution in [0.1, 0.15) is 31.0 Å². The topological polar surface area (TPSA) is 42.3 Å². The Morgan fingerprint density at radius 3 is 2.89 bits per heavy atom. The molecule has 1 saturated heterocycles. The van der Waals surface area contributed by atoms with Gasteiger partial charge >= 0.3 is 0 Å². The molecule has 0 spiro atoms. The first-order valence-electron chi connectivity index (χ1n) is 7.14. The highest BCUT2D eigenvalue weighted by Gasteiger charge is 2.26. The molecule has 1 unspecified atom stereocenters. The molecule has 5 heteroatoms. The minimum atomic E-state index is 0.618. The van der Waals surface area contributed by atoms with E-state index < -0.39 is 0 Å². The smallest absolute Gasteiger partial charge is 0.131 e. The summed E-state index contributed by atoms with van der Waals surface area (Å²) >= 11 is 0. The Labute approximate surface area is 115 Å². The molecule has 1 aromatic heterocycles. The second-order valence-electron chi connectivity index (χ2n) is 5.37. The number of hydrogen-bond donors (Lipinski definition) is 1. The van der Waals surface area contributed by atoms with Crippen molar-refractivity contribution < 1.29 is 4.74 Å². The van der Waals surface area contributed by atoms with E-state index in [-0.39, 0.29) is 0 Å². The molecule has 1 N–H and O–H groups in total. The summed E-state index contributed by atoms with van der Waals surface area (Å²) in [4.78, 5) is 2.49. The van der Waals surface area contributed by atoms with E-state index in [4.69, 9.17) is 4.74 Å². The molecule has 0 radical (unpaired) electrons. The maximum atomic E-state index is 5.07. The number of aryl methyl sites for hydroxylation is 2. The van der Waals surface area contributed by atoms with Gasteiger partial charge < -0.3 is 15.0 Å². The maximum absolute atomic E-state index is 5.07. The monoisotopic (exact) mass is 266 g/mol. The van der Waals surface area contributed by atoms with Crippen LogP contribution in [0.4, 0.5) is 5.82 Å². The van der Waals surface area contributed by atoms with Crippen molar-refractivity contribution in [2.45, 2.75) is 39.3 Å². The zero-order chi connectivity index (χ0) is 13.8. The van der Waals surface area contributed by atoms with Gasteiger partial charge in [-0.2, -0.15) is 5.10 Å². The van der Waals surface area contributed by atoms with Crippen LogP contribution in [0.15, 0.2) is 0 Å². The molecule has 19 heavy (non-hydrogen) atoms. The Morgan fingerprint density at radius 2 is 2.26 bits per heavy atom. The van der Waals surface area contributed by atoms with Crippen LogP contribution in [0.2, 0.25) is 0 Å².